The fourth-order valence-electron chi connectivity index (χ4n) is 1.08. The Morgan fingerprint density at radius 3 is 2.62 bits per heavy atom. The molecule has 0 spiro atoms. The van der Waals surface area contributed by atoms with Gasteiger partial charge in [-0.1, -0.05) is 11.3 Å². The van der Waals surface area contributed by atoms with Gasteiger partial charge in [-0.05, 0) is 40.2 Å². The number of carbonyl (C=O) groups excluding carboxylic acids is 1. The molecule has 0 radical (unpaired) electrons. The van der Waals surface area contributed by atoms with Gasteiger partial charge in [0.2, 0.25) is 0 Å². The lowest BCUT2D eigenvalue weighted by Gasteiger charge is -2.00. The summed E-state index contributed by atoms with van der Waals surface area (Å²) < 4.78 is 13.5. The van der Waals surface area contributed by atoms with E-state index in [2.05, 4.69) is 26.2 Å². The lowest BCUT2D eigenvalue weighted by molar-refractivity contribution is 0.102. The van der Waals surface area contributed by atoms with E-state index in [1.807, 2.05) is 0 Å². The van der Waals surface area contributed by atoms with Crippen LogP contribution in [0.3, 0.4) is 0 Å². The van der Waals surface area contributed by atoms with Crippen LogP contribution in [-0.4, -0.2) is 10.9 Å². The van der Waals surface area contributed by atoms with E-state index in [4.69, 9.17) is 0 Å². The van der Waals surface area contributed by atoms with Crippen LogP contribution in [0.5, 0.6) is 0 Å². The van der Waals surface area contributed by atoms with Gasteiger partial charge in [-0.3, -0.25) is 10.1 Å². The number of rotatable bonds is 2. The van der Waals surface area contributed by atoms with E-state index in [1.54, 1.807) is 6.20 Å². The van der Waals surface area contributed by atoms with Crippen molar-refractivity contribution in [3.05, 3.63) is 45.6 Å². The molecule has 2 rings (SSSR count). The Hall–Kier alpha value is -1.27. The number of carbonyl (C=O) groups is 1. The van der Waals surface area contributed by atoms with Crippen molar-refractivity contribution in [1.82, 2.24) is 4.98 Å². The van der Waals surface area contributed by atoms with Crippen molar-refractivity contribution in [2.75, 3.05) is 5.32 Å². The summed E-state index contributed by atoms with van der Waals surface area (Å²) in [6.45, 7) is 0. The van der Waals surface area contributed by atoms with E-state index in [9.17, 15) is 9.18 Å². The number of aromatic nitrogens is 1. The number of anilines is 1. The van der Waals surface area contributed by atoms with Gasteiger partial charge in [-0.2, -0.15) is 0 Å². The maximum absolute atomic E-state index is 12.6. The number of hydrogen-bond donors (Lipinski definition) is 1. The number of benzene rings is 1. The van der Waals surface area contributed by atoms with Crippen molar-refractivity contribution >= 4 is 38.3 Å². The van der Waals surface area contributed by atoms with Crippen LogP contribution in [-0.2, 0) is 0 Å². The van der Waals surface area contributed by atoms with Gasteiger partial charge in [-0.25, -0.2) is 9.37 Å². The molecule has 0 unspecified atom stereocenters. The molecule has 0 saturated carbocycles. The molecule has 0 aliphatic rings. The smallest absolute Gasteiger partial charge is 0.257 e. The van der Waals surface area contributed by atoms with Crippen molar-refractivity contribution in [1.29, 1.82) is 0 Å². The topological polar surface area (TPSA) is 42.0 Å². The molecule has 1 N–H and O–H groups in total. The quantitative estimate of drug-likeness (QED) is 0.924. The van der Waals surface area contributed by atoms with Crippen molar-refractivity contribution in [3.63, 3.8) is 0 Å². The molecule has 0 fully saturated rings. The highest BCUT2D eigenvalue weighted by atomic mass is 79.9. The first kappa shape index (κ1) is 11.2. The molecule has 1 amide bonds. The molecule has 1 aromatic heterocycles. The first-order chi connectivity index (χ1) is 7.65. The number of nitrogens with one attached hydrogen (secondary N) is 1. The zero-order valence-corrected chi connectivity index (χ0v) is 10.3. The van der Waals surface area contributed by atoms with Crippen LogP contribution in [0, 0.1) is 5.82 Å². The summed E-state index contributed by atoms with van der Waals surface area (Å²) >= 11 is 4.56. The van der Waals surface area contributed by atoms with E-state index >= 15 is 0 Å². The maximum atomic E-state index is 12.6. The fourth-order valence-corrected chi connectivity index (χ4v) is 2.18. The Labute approximate surface area is 103 Å². The van der Waals surface area contributed by atoms with Crippen LogP contribution in [0.4, 0.5) is 9.52 Å². The molecule has 0 saturated heterocycles. The van der Waals surface area contributed by atoms with Crippen LogP contribution >= 0.6 is 27.3 Å². The highest BCUT2D eigenvalue weighted by Gasteiger charge is 2.08. The Balaban J connectivity index is 2.11. The van der Waals surface area contributed by atoms with Gasteiger partial charge in [0.15, 0.2) is 5.13 Å². The molecule has 3 nitrogen and oxygen atoms in total. The first-order valence-corrected chi connectivity index (χ1v) is 5.94. The summed E-state index contributed by atoms with van der Waals surface area (Å²) in [5, 5.41) is 3.12. The van der Waals surface area contributed by atoms with E-state index < -0.39 is 0 Å². The highest BCUT2D eigenvalue weighted by Crippen LogP contribution is 2.23. The third-order valence-corrected chi connectivity index (χ3v) is 3.20. The average Bonchev–Trinajstić information content (AvgIpc) is 2.65. The molecule has 1 aromatic carbocycles. The Bertz CT molecular complexity index is 512. The third-order valence-electron chi connectivity index (χ3n) is 1.80. The van der Waals surface area contributed by atoms with Crippen molar-refractivity contribution in [3.8, 4) is 0 Å². The van der Waals surface area contributed by atoms with Gasteiger partial charge >= 0.3 is 0 Å². The molecule has 0 bridgehead atoms. The van der Waals surface area contributed by atoms with Gasteiger partial charge in [0, 0.05) is 5.56 Å². The van der Waals surface area contributed by atoms with E-state index in [1.165, 1.54) is 35.6 Å². The van der Waals surface area contributed by atoms with Crippen molar-refractivity contribution < 1.29 is 9.18 Å². The van der Waals surface area contributed by atoms with Gasteiger partial charge in [-0.15, -0.1) is 0 Å². The number of nitrogens with zero attached hydrogens (tertiary/aromatic N) is 1. The standard InChI is InChI=1S/C10H6BrFN2OS/c11-8-5-13-10(16-8)14-9(15)6-1-3-7(12)4-2-6/h1-5H,(H,13,14,15). The van der Waals surface area contributed by atoms with Crippen LogP contribution in [0.25, 0.3) is 0 Å². The van der Waals surface area contributed by atoms with Gasteiger partial charge < -0.3 is 0 Å². The summed E-state index contributed by atoms with van der Waals surface area (Å²) in [4.78, 5) is 15.6. The SMILES string of the molecule is O=C(Nc1ncc(Br)s1)c1ccc(F)cc1. The molecule has 1 heterocycles. The summed E-state index contributed by atoms with van der Waals surface area (Å²) in [5.74, 6) is -0.671. The molecule has 82 valence electrons. The van der Waals surface area contributed by atoms with Gasteiger partial charge in [0.1, 0.15) is 5.82 Å². The second-order valence-corrected chi connectivity index (χ2v) is 5.34. The fraction of sp³-hybridized carbons (Fsp3) is 0. The molecule has 6 heteroatoms. The lowest BCUT2D eigenvalue weighted by Crippen LogP contribution is -2.11. The summed E-state index contributed by atoms with van der Waals surface area (Å²) in [5.41, 5.74) is 0.396. The highest BCUT2D eigenvalue weighted by molar-refractivity contribution is 9.11. The predicted octanol–water partition coefficient (Wildman–Crippen LogP) is 3.30. The third kappa shape index (κ3) is 2.65. The second-order valence-electron chi connectivity index (χ2n) is 2.93. The Morgan fingerprint density at radius 2 is 2.06 bits per heavy atom. The van der Waals surface area contributed by atoms with Crippen LogP contribution < -0.4 is 5.32 Å². The van der Waals surface area contributed by atoms with Crippen molar-refractivity contribution in [2.24, 2.45) is 0 Å². The maximum Gasteiger partial charge on any atom is 0.257 e. The van der Waals surface area contributed by atoms with Crippen molar-refractivity contribution in [2.45, 2.75) is 0 Å². The summed E-state index contributed by atoms with van der Waals surface area (Å²) in [7, 11) is 0. The van der Waals surface area contributed by atoms with E-state index in [0.717, 1.165) is 3.79 Å². The molecular formula is C10H6BrFN2OS. The second kappa shape index (κ2) is 4.71. The Kier molecular flexibility index (Phi) is 3.31. The minimum absolute atomic E-state index is 0.304. The number of amides is 1. The van der Waals surface area contributed by atoms with Crippen LogP contribution in [0.15, 0.2) is 34.2 Å². The number of thiazole rings is 1. The minimum Gasteiger partial charge on any atom is -0.298 e. The molecular weight excluding hydrogens is 295 g/mol. The normalized spacial score (nSPS) is 10.1. The molecule has 0 atom stereocenters. The monoisotopic (exact) mass is 300 g/mol. The van der Waals surface area contributed by atoms with E-state index in [0.29, 0.717) is 10.7 Å². The minimum atomic E-state index is -0.367. The molecule has 16 heavy (non-hydrogen) atoms. The zero-order chi connectivity index (χ0) is 11.5. The Morgan fingerprint density at radius 1 is 1.38 bits per heavy atom. The lowest BCUT2D eigenvalue weighted by atomic mass is 10.2. The largest absolute Gasteiger partial charge is 0.298 e. The van der Waals surface area contributed by atoms with Crippen LogP contribution in [0.1, 0.15) is 10.4 Å². The average molecular weight is 301 g/mol. The molecule has 0 aliphatic carbocycles. The summed E-state index contributed by atoms with van der Waals surface area (Å²) in [6.07, 6.45) is 1.60. The van der Waals surface area contributed by atoms with Gasteiger partial charge in [0.25, 0.3) is 5.91 Å². The number of halogens is 2. The summed E-state index contributed by atoms with van der Waals surface area (Å²) in [6, 6.07) is 5.33. The molecule has 0 aliphatic heterocycles. The first-order valence-electron chi connectivity index (χ1n) is 4.33. The zero-order valence-electron chi connectivity index (χ0n) is 7.91. The van der Waals surface area contributed by atoms with Gasteiger partial charge in [0.05, 0.1) is 9.98 Å². The molecule has 2 aromatic rings. The number of hydrogen-bond acceptors (Lipinski definition) is 3. The van der Waals surface area contributed by atoms with Crippen LogP contribution in [0.2, 0.25) is 0 Å². The predicted molar refractivity (Wildman–Crippen MR) is 64.2 cm³/mol. The van der Waals surface area contributed by atoms with E-state index in [-0.39, 0.29) is 11.7 Å².